The summed E-state index contributed by atoms with van der Waals surface area (Å²) in [4.78, 5) is 2.18. The number of hydrogen-bond acceptors (Lipinski definition) is 2. The molecule has 0 aliphatic carbocycles. The van der Waals surface area contributed by atoms with Crippen molar-refractivity contribution in [2.45, 2.75) is 31.0 Å². The summed E-state index contributed by atoms with van der Waals surface area (Å²) in [7, 11) is 3.28. The lowest BCUT2D eigenvalue weighted by Crippen LogP contribution is -2.32. The van der Waals surface area contributed by atoms with Gasteiger partial charge in [0.25, 0.3) is 0 Å². The Balaban J connectivity index is 2.18. The second-order valence-corrected chi connectivity index (χ2v) is 6.43. The van der Waals surface area contributed by atoms with E-state index in [9.17, 15) is 17.6 Å². The lowest BCUT2D eigenvalue weighted by Gasteiger charge is -2.25. The average Bonchev–Trinajstić information content (AvgIpc) is 2.76. The zero-order valence-electron chi connectivity index (χ0n) is 12.0. The molecule has 7 heteroatoms. The first-order valence-electron chi connectivity index (χ1n) is 6.72. The monoisotopic (exact) mass is 322 g/mol. The molecule has 0 aromatic heterocycles. The van der Waals surface area contributed by atoms with Crippen LogP contribution in [0.25, 0.3) is 0 Å². The minimum absolute atomic E-state index is 0.272. The van der Waals surface area contributed by atoms with Crippen LogP contribution in [0, 0.1) is 6.92 Å². The normalized spacial score (nSPS) is 23.1. The van der Waals surface area contributed by atoms with Crippen molar-refractivity contribution in [3.63, 3.8) is 0 Å². The molecule has 1 fully saturated rings. The molecule has 118 valence electrons. The van der Waals surface area contributed by atoms with Gasteiger partial charge in [-0.1, -0.05) is 21.4 Å². The fourth-order valence-corrected chi connectivity index (χ4v) is 2.67. The van der Waals surface area contributed by atoms with Crippen LogP contribution in [0.5, 0.6) is 0 Å². The van der Waals surface area contributed by atoms with Gasteiger partial charge >= 0.3 is 6.18 Å². The molecule has 0 spiro atoms. The van der Waals surface area contributed by atoms with Gasteiger partial charge in [0.2, 0.25) is 5.41 Å². The molecular weight excluding hydrogens is 303 g/mol. The highest BCUT2D eigenvalue weighted by molar-refractivity contribution is 7.18. The number of hydrogen-bond donors (Lipinski definition) is 1. The number of aryl methyl sites for hydroxylation is 1. The Hall–Kier alpha value is -0.870. The third-order valence-electron chi connectivity index (χ3n) is 3.81. The van der Waals surface area contributed by atoms with Gasteiger partial charge in [0.15, 0.2) is 0 Å². The summed E-state index contributed by atoms with van der Waals surface area (Å²) in [5, 5.41) is -0.108. The topological polar surface area (TPSA) is 15.3 Å². The van der Waals surface area contributed by atoms with E-state index in [1.54, 1.807) is 6.92 Å². The number of halogens is 4. The van der Waals surface area contributed by atoms with Crippen LogP contribution < -0.4 is 5.32 Å². The van der Waals surface area contributed by atoms with Crippen LogP contribution in [-0.2, 0) is 5.41 Å². The summed E-state index contributed by atoms with van der Waals surface area (Å²) in [6.45, 7) is 3.56. The van der Waals surface area contributed by atoms with Gasteiger partial charge in [0.05, 0.1) is 0 Å². The molecule has 0 amide bonds. The molecular formula is C14H19F4N2P. The van der Waals surface area contributed by atoms with Crippen LogP contribution >= 0.6 is 9.24 Å². The first-order chi connectivity index (χ1) is 9.61. The molecule has 1 heterocycles. The van der Waals surface area contributed by atoms with Crippen LogP contribution in [-0.4, -0.2) is 37.3 Å². The Morgan fingerprint density at radius 3 is 2.43 bits per heavy atom. The molecule has 2 rings (SSSR count). The Bertz CT molecular complexity index is 516. The lowest BCUT2D eigenvalue weighted by atomic mass is 10.0. The zero-order chi connectivity index (χ0) is 15.8. The quantitative estimate of drug-likeness (QED) is 0.675. The van der Waals surface area contributed by atoms with Crippen molar-refractivity contribution in [1.82, 2.24) is 4.90 Å². The average molecular weight is 322 g/mol. The molecule has 1 N–H and O–H groups in total. The second-order valence-electron chi connectivity index (χ2n) is 5.63. The summed E-state index contributed by atoms with van der Waals surface area (Å²) in [6, 6.07) is 4.23. The van der Waals surface area contributed by atoms with E-state index in [4.69, 9.17) is 0 Å². The molecule has 0 radical (unpaired) electrons. The molecule has 0 bridgehead atoms. The molecule has 1 aliphatic rings. The summed E-state index contributed by atoms with van der Waals surface area (Å²) in [5.74, 6) is 0. The molecule has 1 aromatic rings. The summed E-state index contributed by atoms with van der Waals surface area (Å²) < 4.78 is 52.0. The van der Waals surface area contributed by atoms with E-state index in [-0.39, 0.29) is 6.04 Å². The Labute approximate surface area is 124 Å². The number of anilines is 1. The Morgan fingerprint density at radius 2 is 1.95 bits per heavy atom. The van der Waals surface area contributed by atoms with E-state index < -0.39 is 17.1 Å². The fourth-order valence-electron chi connectivity index (χ4n) is 2.49. The first-order valence-corrected chi connectivity index (χ1v) is 7.29. The highest BCUT2D eigenvalue weighted by atomic mass is 31.0. The Kier molecular flexibility index (Phi) is 4.50. The first kappa shape index (κ1) is 16.5. The fraction of sp³-hybridized carbons (Fsp3) is 0.571. The van der Waals surface area contributed by atoms with Gasteiger partial charge in [-0.15, -0.1) is 0 Å². The lowest BCUT2D eigenvalue weighted by molar-refractivity contribution is -0.199. The van der Waals surface area contributed by atoms with Crippen LogP contribution in [0.15, 0.2) is 18.2 Å². The van der Waals surface area contributed by atoms with Gasteiger partial charge in [-0.25, -0.2) is 4.39 Å². The standard InChI is InChI=1S/C14H19F4N2P/c1-9-7-10(13(15,21)14(16,17)18)3-4-12(9)19-11-5-6-20(2)8-11/h3-4,7,11,19H,5-6,8,21H2,1-2H3. The maximum absolute atomic E-state index is 13.9. The van der Waals surface area contributed by atoms with Gasteiger partial charge in [-0.3, -0.25) is 0 Å². The van der Waals surface area contributed by atoms with Gasteiger partial charge < -0.3 is 10.2 Å². The molecule has 3 unspecified atom stereocenters. The van der Waals surface area contributed by atoms with Crippen LogP contribution in [0.4, 0.5) is 23.2 Å². The van der Waals surface area contributed by atoms with Gasteiger partial charge in [0.1, 0.15) is 0 Å². The molecule has 0 saturated carbocycles. The molecule has 2 nitrogen and oxygen atoms in total. The minimum atomic E-state index is -4.95. The van der Waals surface area contributed by atoms with Crippen molar-refractivity contribution >= 4 is 14.9 Å². The summed E-state index contributed by atoms with van der Waals surface area (Å²) in [6.07, 6.45) is -3.97. The predicted molar refractivity (Wildman–Crippen MR) is 79.3 cm³/mol. The number of rotatable bonds is 3. The van der Waals surface area contributed by atoms with E-state index in [2.05, 4.69) is 10.2 Å². The van der Waals surface area contributed by atoms with E-state index >= 15 is 0 Å². The maximum Gasteiger partial charge on any atom is 0.430 e. The minimum Gasteiger partial charge on any atom is -0.381 e. The van der Waals surface area contributed by atoms with Gasteiger partial charge in [-0.2, -0.15) is 13.2 Å². The predicted octanol–water partition coefficient (Wildman–Crippen LogP) is 3.67. The largest absolute Gasteiger partial charge is 0.430 e. The smallest absolute Gasteiger partial charge is 0.381 e. The molecule has 1 aromatic carbocycles. The van der Waals surface area contributed by atoms with Gasteiger partial charge in [0, 0.05) is 23.8 Å². The number of benzene rings is 1. The number of alkyl halides is 4. The SMILES string of the molecule is Cc1cc(C(F)(P)C(F)(F)F)ccc1NC1CCN(C)C1. The van der Waals surface area contributed by atoms with Crippen LogP contribution in [0.2, 0.25) is 0 Å². The highest BCUT2D eigenvalue weighted by Crippen LogP contribution is 2.48. The van der Waals surface area contributed by atoms with Crippen molar-refractivity contribution < 1.29 is 17.6 Å². The van der Waals surface area contributed by atoms with Crippen molar-refractivity contribution in [3.8, 4) is 0 Å². The van der Waals surface area contributed by atoms with Crippen molar-refractivity contribution in [2.24, 2.45) is 0 Å². The van der Waals surface area contributed by atoms with E-state index in [1.165, 1.54) is 27.4 Å². The Morgan fingerprint density at radius 1 is 1.29 bits per heavy atom. The molecule has 3 atom stereocenters. The van der Waals surface area contributed by atoms with E-state index in [1.807, 2.05) is 7.05 Å². The third kappa shape index (κ3) is 3.49. The van der Waals surface area contributed by atoms with Crippen LogP contribution in [0.3, 0.4) is 0 Å². The van der Waals surface area contributed by atoms with Gasteiger partial charge in [-0.05, 0) is 38.6 Å². The summed E-state index contributed by atoms with van der Waals surface area (Å²) in [5.41, 5.74) is 0.962. The van der Waals surface area contributed by atoms with Crippen molar-refractivity contribution in [3.05, 3.63) is 29.3 Å². The molecule has 1 saturated heterocycles. The van der Waals surface area contributed by atoms with E-state index in [0.29, 0.717) is 5.56 Å². The molecule has 1 aliphatic heterocycles. The van der Waals surface area contributed by atoms with E-state index in [0.717, 1.165) is 25.2 Å². The third-order valence-corrected chi connectivity index (χ3v) is 4.47. The number of likely N-dealkylation sites (N-methyl/N-ethyl adjacent to an activating group) is 1. The number of nitrogens with one attached hydrogen (secondary N) is 1. The number of nitrogens with zero attached hydrogens (tertiary/aromatic N) is 1. The number of likely N-dealkylation sites (tertiary alicyclic amines) is 1. The van der Waals surface area contributed by atoms with Crippen molar-refractivity contribution in [1.29, 1.82) is 0 Å². The second kappa shape index (κ2) is 5.73. The van der Waals surface area contributed by atoms with Crippen LogP contribution in [0.1, 0.15) is 17.5 Å². The van der Waals surface area contributed by atoms with Crippen molar-refractivity contribution in [2.75, 3.05) is 25.5 Å². The summed E-state index contributed by atoms with van der Waals surface area (Å²) >= 11 is 0. The molecule has 21 heavy (non-hydrogen) atoms. The zero-order valence-corrected chi connectivity index (χ0v) is 13.1. The highest BCUT2D eigenvalue weighted by Gasteiger charge is 2.53. The maximum atomic E-state index is 13.9.